The first-order valence-electron chi connectivity index (χ1n) is 3.08. The largest absolute Gasteiger partial charge is 1.00 e. The van der Waals surface area contributed by atoms with E-state index in [2.05, 4.69) is 6.58 Å². The van der Waals surface area contributed by atoms with Gasteiger partial charge in [0.15, 0.2) is 0 Å². The summed E-state index contributed by atoms with van der Waals surface area (Å²) >= 11 is 0. The van der Waals surface area contributed by atoms with Crippen LogP contribution in [0.4, 0.5) is 0 Å². The predicted octanol–water partition coefficient (Wildman–Crippen LogP) is -2.51. The Morgan fingerprint density at radius 2 is 2.10 bits per heavy atom. The average molecular weight is 134 g/mol. The van der Waals surface area contributed by atoms with E-state index in [1.807, 2.05) is 0 Å². The Labute approximate surface area is 73.5 Å². The van der Waals surface area contributed by atoms with Gasteiger partial charge in [-0.1, -0.05) is 6.08 Å². The fraction of sp³-hybridized carbons (Fsp3) is 0.571. The normalized spacial score (nSPS) is 8.00. The van der Waals surface area contributed by atoms with E-state index < -0.39 is 5.97 Å². The molecule has 0 radical (unpaired) electrons. The first kappa shape index (κ1) is 12.5. The first-order valence-corrected chi connectivity index (χ1v) is 3.08. The van der Waals surface area contributed by atoms with Gasteiger partial charge in [0, 0.05) is 5.97 Å². The van der Waals surface area contributed by atoms with Crippen LogP contribution in [-0.2, 0) is 4.79 Å². The number of carboxylic acid groups (broad SMARTS) is 1. The molecule has 0 aliphatic heterocycles. The van der Waals surface area contributed by atoms with Gasteiger partial charge in [0.2, 0.25) is 0 Å². The van der Waals surface area contributed by atoms with Crippen molar-refractivity contribution in [3.05, 3.63) is 12.7 Å². The maximum atomic E-state index is 9.83. The molecule has 0 aromatic heterocycles. The molecule has 0 aromatic rings. The summed E-state index contributed by atoms with van der Waals surface area (Å²) in [5.74, 6) is -0.959. The number of hydrogen-bond acceptors (Lipinski definition) is 2. The second-order valence-electron chi connectivity index (χ2n) is 1.91. The SMILES string of the molecule is C=CCCCCC(=O)[O-].[Li+]. The summed E-state index contributed by atoms with van der Waals surface area (Å²) in [6, 6.07) is 0. The number of allylic oxidation sites excluding steroid dienone is 1. The molecule has 0 rings (SSSR count). The van der Waals surface area contributed by atoms with Crippen molar-refractivity contribution in [1.82, 2.24) is 0 Å². The van der Waals surface area contributed by atoms with Crippen molar-refractivity contribution in [2.24, 2.45) is 0 Å². The van der Waals surface area contributed by atoms with Crippen molar-refractivity contribution in [1.29, 1.82) is 0 Å². The molecule has 0 N–H and O–H groups in total. The number of rotatable bonds is 5. The van der Waals surface area contributed by atoms with E-state index in [9.17, 15) is 9.90 Å². The van der Waals surface area contributed by atoms with Crippen LogP contribution >= 0.6 is 0 Å². The molecular formula is C7H11LiO2. The van der Waals surface area contributed by atoms with E-state index in [0.29, 0.717) is 6.42 Å². The van der Waals surface area contributed by atoms with E-state index in [-0.39, 0.29) is 25.3 Å². The summed E-state index contributed by atoms with van der Waals surface area (Å²) in [6.45, 7) is 3.51. The fourth-order valence-electron chi connectivity index (χ4n) is 0.558. The fourth-order valence-corrected chi connectivity index (χ4v) is 0.558. The molecule has 0 atom stereocenters. The molecule has 0 aliphatic carbocycles. The van der Waals surface area contributed by atoms with Gasteiger partial charge in [-0.05, 0) is 25.7 Å². The molecule has 0 saturated heterocycles. The van der Waals surface area contributed by atoms with E-state index >= 15 is 0 Å². The maximum Gasteiger partial charge on any atom is 1.00 e. The van der Waals surface area contributed by atoms with Crippen molar-refractivity contribution in [2.45, 2.75) is 25.7 Å². The zero-order valence-electron chi connectivity index (χ0n) is 6.43. The van der Waals surface area contributed by atoms with Crippen molar-refractivity contribution < 1.29 is 28.8 Å². The molecular weight excluding hydrogens is 123 g/mol. The van der Waals surface area contributed by atoms with Gasteiger partial charge < -0.3 is 9.90 Å². The van der Waals surface area contributed by atoms with Gasteiger partial charge in [-0.25, -0.2) is 0 Å². The van der Waals surface area contributed by atoms with E-state index in [1.54, 1.807) is 6.08 Å². The number of carboxylic acids is 1. The molecule has 0 aliphatic rings. The Balaban J connectivity index is 0. The van der Waals surface area contributed by atoms with Gasteiger partial charge in [-0.15, -0.1) is 6.58 Å². The zero-order chi connectivity index (χ0) is 7.11. The van der Waals surface area contributed by atoms with Crippen LogP contribution in [0.15, 0.2) is 12.7 Å². The van der Waals surface area contributed by atoms with Crippen LogP contribution in [0, 0.1) is 0 Å². The van der Waals surface area contributed by atoms with E-state index in [1.165, 1.54) is 0 Å². The van der Waals surface area contributed by atoms with Crippen molar-refractivity contribution in [3.63, 3.8) is 0 Å². The topological polar surface area (TPSA) is 40.1 Å². The molecule has 0 spiro atoms. The smallest absolute Gasteiger partial charge is 0.550 e. The summed E-state index contributed by atoms with van der Waals surface area (Å²) in [6.07, 6.45) is 4.46. The Morgan fingerprint density at radius 1 is 1.50 bits per heavy atom. The zero-order valence-corrected chi connectivity index (χ0v) is 6.43. The molecule has 0 bridgehead atoms. The summed E-state index contributed by atoms with van der Waals surface area (Å²) < 4.78 is 0. The molecule has 0 heterocycles. The van der Waals surface area contributed by atoms with Crippen LogP contribution < -0.4 is 24.0 Å². The Morgan fingerprint density at radius 3 is 2.50 bits per heavy atom. The van der Waals surface area contributed by atoms with Gasteiger partial charge in [0.1, 0.15) is 0 Å². The van der Waals surface area contributed by atoms with Crippen LogP contribution in [0.5, 0.6) is 0 Å². The Bertz CT molecular complexity index is 102. The van der Waals surface area contributed by atoms with Crippen LogP contribution in [-0.4, -0.2) is 5.97 Å². The number of carbonyl (C=O) groups is 1. The van der Waals surface area contributed by atoms with Crippen molar-refractivity contribution in [3.8, 4) is 0 Å². The summed E-state index contributed by atoms with van der Waals surface area (Å²) in [7, 11) is 0. The van der Waals surface area contributed by atoms with Crippen molar-refractivity contribution >= 4 is 5.97 Å². The third-order valence-corrected chi connectivity index (χ3v) is 1.04. The van der Waals surface area contributed by atoms with Gasteiger partial charge in [0.05, 0.1) is 0 Å². The van der Waals surface area contributed by atoms with Crippen LogP contribution in [0.3, 0.4) is 0 Å². The van der Waals surface area contributed by atoms with E-state index in [0.717, 1.165) is 12.8 Å². The molecule has 2 nitrogen and oxygen atoms in total. The van der Waals surface area contributed by atoms with Gasteiger partial charge >= 0.3 is 18.9 Å². The number of hydrogen-bond donors (Lipinski definition) is 0. The number of unbranched alkanes of at least 4 members (excludes halogenated alkanes) is 2. The quantitative estimate of drug-likeness (QED) is 0.236. The maximum absolute atomic E-state index is 9.83. The van der Waals surface area contributed by atoms with Crippen molar-refractivity contribution in [2.75, 3.05) is 0 Å². The van der Waals surface area contributed by atoms with Crippen LogP contribution in [0.2, 0.25) is 0 Å². The summed E-state index contributed by atoms with van der Waals surface area (Å²) in [5.41, 5.74) is 0. The minimum Gasteiger partial charge on any atom is -0.550 e. The minimum atomic E-state index is -0.959. The second kappa shape index (κ2) is 8.81. The van der Waals surface area contributed by atoms with Gasteiger partial charge in [-0.3, -0.25) is 0 Å². The molecule has 0 unspecified atom stereocenters. The molecule has 0 saturated carbocycles. The molecule has 10 heavy (non-hydrogen) atoms. The average Bonchev–Trinajstić information content (AvgIpc) is 1.80. The monoisotopic (exact) mass is 134 g/mol. The minimum absolute atomic E-state index is 0. The molecule has 0 amide bonds. The molecule has 0 fully saturated rings. The molecule has 3 heteroatoms. The predicted molar refractivity (Wildman–Crippen MR) is 33.7 cm³/mol. The third-order valence-electron chi connectivity index (χ3n) is 1.04. The van der Waals surface area contributed by atoms with E-state index in [4.69, 9.17) is 0 Å². The first-order chi connectivity index (χ1) is 4.27. The third kappa shape index (κ3) is 10.7. The van der Waals surface area contributed by atoms with Gasteiger partial charge in [-0.2, -0.15) is 0 Å². The molecule has 52 valence electrons. The number of aliphatic carboxylic acids is 1. The summed E-state index contributed by atoms with van der Waals surface area (Å²) in [5, 5.41) is 9.83. The Hall–Kier alpha value is -0.193. The van der Waals surface area contributed by atoms with Crippen LogP contribution in [0.1, 0.15) is 25.7 Å². The molecule has 0 aromatic carbocycles. The second-order valence-corrected chi connectivity index (χ2v) is 1.91. The Kier molecular flexibility index (Phi) is 11.0. The van der Waals surface area contributed by atoms with Gasteiger partial charge in [0.25, 0.3) is 0 Å². The van der Waals surface area contributed by atoms with Crippen LogP contribution in [0.25, 0.3) is 0 Å². The standard InChI is InChI=1S/C7H12O2.Li/c1-2-3-4-5-6-7(8)9;/h2H,1,3-6H2,(H,8,9);/q;+1/p-1. The summed E-state index contributed by atoms with van der Waals surface area (Å²) in [4.78, 5) is 9.83. The number of carbonyl (C=O) groups excluding carboxylic acids is 1.